The molecule has 1 unspecified atom stereocenters. The van der Waals surface area contributed by atoms with Crippen molar-refractivity contribution in [2.45, 2.75) is 19.3 Å². The molecule has 0 spiro atoms. The van der Waals surface area contributed by atoms with Crippen molar-refractivity contribution in [3.8, 4) is 0 Å². The number of nitro groups is 1. The number of pyridine rings is 1. The van der Waals surface area contributed by atoms with Crippen LogP contribution in [0.2, 0.25) is 0 Å². The molecule has 1 atom stereocenters. The Labute approximate surface area is 207 Å². The van der Waals surface area contributed by atoms with Gasteiger partial charge >= 0.3 is 0 Å². The number of amides is 1. The van der Waals surface area contributed by atoms with Gasteiger partial charge in [0, 0.05) is 68.7 Å². The van der Waals surface area contributed by atoms with E-state index in [1.54, 1.807) is 24.4 Å². The van der Waals surface area contributed by atoms with Crippen LogP contribution in [-0.2, 0) is 4.79 Å². The zero-order valence-electron chi connectivity index (χ0n) is 19.9. The van der Waals surface area contributed by atoms with Crippen LogP contribution in [0.25, 0.3) is 5.65 Å². The van der Waals surface area contributed by atoms with Gasteiger partial charge in [-0.15, -0.1) is 0 Å². The van der Waals surface area contributed by atoms with Gasteiger partial charge in [-0.2, -0.15) is 0 Å². The predicted molar refractivity (Wildman–Crippen MR) is 135 cm³/mol. The average molecular weight is 488 g/mol. The topological polar surface area (TPSA) is 84.0 Å². The first-order valence-electron chi connectivity index (χ1n) is 11.9. The Bertz CT molecular complexity index is 1410. The smallest absolute Gasteiger partial charge is 0.269 e. The molecular weight excluding hydrogens is 461 g/mol. The van der Waals surface area contributed by atoms with Crippen molar-refractivity contribution < 1.29 is 14.1 Å². The van der Waals surface area contributed by atoms with E-state index >= 15 is 0 Å². The fraction of sp³-hybridized carbons (Fsp3) is 0.259. The van der Waals surface area contributed by atoms with Crippen LogP contribution in [0, 0.1) is 22.9 Å². The summed E-state index contributed by atoms with van der Waals surface area (Å²) in [6.07, 6.45) is 3.89. The number of rotatable bonds is 6. The third-order valence-corrected chi connectivity index (χ3v) is 6.80. The number of fused-ring (bicyclic) bond motifs is 1. The largest absolute Gasteiger partial charge is 0.368 e. The Kier molecular flexibility index (Phi) is 6.37. The quantitative estimate of drug-likeness (QED) is 0.294. The number of aryl methyl sites for hydroxylation is 1. The van der Waals surface area contributed by atoms with Crippen molar-refractivity contribution in [3.63, 3.8) is 0 Å². The molecule has 5 rings (SSSR count). The number of non-ortho nitro benzene ring substituents is 1. The zero-order valence-corrected chi connectivity index (χ0v) is 19.9. The summed E-state index contributed by atoms with van der Waals surface area (Å²) in [6.45, 7) is 4.32. The number of carbonyl (C=O) groups is 1. The molecule has 36 heavy (non-hydrogen) atoms. The molecule has 0 N–H and O–H groups in total. The Hall–Kier alpha value is -4.27. The van der Waals surface area contributed by atoms with Crippen LogP contribution in [0.15, 0.2) is 73.1 Å². The number of nitro benzene ring substituents is 1. The molecule has 3 heterocycles. The molecular formula is C27H26FN5O3. The Balaban J connectivity index is 1.34. The summed E-state index contributed by atoms with van der Waals surface area (Å²) in [6, 6.07) is 16.8. The molecule has 2 aromatic heterocycles. The van der Waals surface area contributed by atoms with E-state index in [9.17, 15) is 19.3 Å². The highest BCUT2D eigenvalue weighted by atomic mass is 19.1. The molecule has 1 amide bonds. The zero-order chi connectivity index (χ0) is 25.2. The second-order valence-electron chi connectivity index (χ2n) is 9.02. The molecule has 184 valence electrons. The van der Waals surface area contributed by atoms with Crippen molar-refractivity contribution in [1.29, 1.82) is 0 Å². The third-order valence-electron chi connectivity index (χ3n) is 6.80. The van der Waals surface area contributed by atoms with Gasteiger partial charge in [-0.3, -0.25) is 14.9 Å². The highest BCUT2D eigenvalue weighted by molar-refractivity contribution is 5.78. The maximum atomic E-state index is 14.2. The number of piperazine rings is 1. The van der Waals surface area contributed by atoms with Gasteiger partial charge in [0.2, 0.25) is 5.91 Å². The van der Waals surface area contributed by atoms with Gasteiger partial charge in [0.05, 0.1) is 10.6 Å². The number of imidazole rings is 1. The minimum Gasteiger partial charge on any atom is -0.368 e. The van der Waals surface area contributed by atoms with Gasteiger partial charge in [0.15, 0.2) is 0 Å². The maximum absolute atomic E-state index is 14.2. The number of anilines is 1. The lowest BCUT2D eigenvalue weighted by molar-refractivity contribution is -0.384. The number of aromatic nitrogens is 2. The number of benzene rings is 2. The first-order chi connectivity index (χ1) is 17.4. The monoisotopic (exact) mass is 487 g/mol. The molecule has 1 aliphatic heterocycles. The Morgan fingerprint density at radius 3 is 2.53 bits per heavy atom. The number of nitrogens with zero attached hydrogens (tertiary/aromatic N) is 5. The second-order valence-corrected chi connectivity index (χ2v) is 9.02. The Morgan fingerprint density at radius 1 is 1.08 bits per heavy atom. The highest BCUT2D eigenvalue weighted by Crippen LogP contribution is 2.31. The molecule has 0 radical (unpaired) electrons. The molecule has 0 bridgehead atoms. The maximum Gasteiger partial charge on any atom is 0.269 e. The van der Waals surface area contributed by atoms with E-state index in [4.69, 9.17) is 0 Å². The van der Waals surface area contributed by atoms with E-state index < -0.39 is 4.92 Å². The standard InChI is InChI=1S/C27H26FN5O3/c1-19-4-3-11-32-25(18-29-27(19)32)24(20-5-2-6-21(28)16-20)17-26(34)31-14-12-30(13-15-31)22-7-9-23(10-8-22)33(35)36/h2-11,16,18,24H,12-15,17H2,1H3. The Morgan fingerprint density at radius 2 is 1.83 bits per heavy atom. The minimum absolute atomic E-state index is 0.00443. The number of hydrogen-bond acceptors (Lipinski definition) is 5. The molecule has 1 fully saturated rings. The van der Waals surface area contributed by atoms with Crippen LogP contribution < -0.4 is 4.90 Å². The lowest BCUT2D eigenvalue weighted by Gasteiger charge is -2.36. The summed E-state index contributed by atoms with van der Waals surface area (Å²) in [5.74, 6) is -0.695. The van der Waals surface area contributed by atoms with E-state index in [1.165, 1.54) is 24.3 Å². The minimum atomic E-state index is -0.416. The van der Waals surface area contributed by atoms with Crippen molar-refractivity contribution in [2.24, 2.45) is 0 Å². The van der Waals surface area contributed by atoms with Gasteiger partial charge < -0.3 is 14.2 Å². The predicted octanol–water partition coefficient (Wildman–Crippen LogP) is 4.56. The molecule has 2 aromatic carbocycles. The van der Waals surface area contributed by atoms with E-state index in [0.29, 0.717) is 26.2 Å². The average Bonchev–Trinajstić information content (AvgIpc) is 3.32. The molecule has 4 aromatic rings. The molecule has 8 nitrogen and oxygen atoms in total. The molecule has 1 aliphatic rings. The van der Waals surface area contributed by atoms with E-state index in [1.807, 2.05) is 40.6 Å². The highest BCUT2D eigenvalue weighted by Gasteiger charge is 2.27. The van der Waals surface area contributed by atoms with Crippen LogP contribution in [0.3, 0.4) is 0 Å². The second kappa shape index (κ2) is 9.77. The summed E-state index contributed by atoms with van der Waals surface area (Å²) in [5, 5.41) is 10.9. The number of halogens is 1. The van der Waals surface area contributed by atoms with E-state index in [2.05, 4.69) is 9.88 Å². The summed E-state index contributed by atoms with van der Waals surface area (Å²) in [5.41, 5.74) is 4.37. The summed E-state index contributed by atoms with van der Waals surface area (Å²) in [4.78, 5) is 32.4. The lowest BCUT2D eigenvalue weighted by Crippen LogP contribution is -2.49. The molecule has 0 aliphatic carbocycles. The van der Waals surface area contributed by atoms with Gasteiger partial charge in [0.1, 0.15) is 11.5 Å². The van der Waals surface area contributed by atoms with Gasteiger partial charge in [-0.1, -0.05) is 18.2 Å². The van der Waals surface area contributed by atoms with Gasteiger partial charge in [-0.05, 0) is 48.4 Å². The molecule has 0 saturated carbocycles. The summed E-state index contributed by atoms with van der Waals surface area (Å²) in [7, 11) is 0. The van der Waals surface area contributed by atoms with Gasteiger partial charge in [0.25, 0.3) is 5.69 Å². The van der Waals surface area contributed by atoms with Crippen molar-refractivity contribution in [1.82, 2.24) is 14.3 Å². The van der Waals surface area contributed by atoms with Crippen LogP contribution in [0.1, 0.15) is 29.2 Å². The first kappa shape index (κ1) is 23.5. The number of carbonyl (C=O) groups excluding carboxylic acids is 1. The summed E-state index contributed by atoms with van der Waals surface area (Å²) >= 11 is 0. The van der Waals surface area contributed by atoms with E-state index in [0.717, 1.165) is 28.2 Å². The van der Waals surface area contributed by atoms with E-state index in [-0.39, 0.29) is 29.8 Å². The SMILES string of the molecule is Cc1cccn2c(C(CC(=O)N3CCN(c4ccc([N+](=O)[O-])cc4)CC3)c3cccc(F)c3)cnc12. The normalized spacial score (nSPS) is 14.7. The molecule has 1 saturated heterocycles. The third kappa shape index (κ3) is 4.64. The fourth-order valence-electron chi connectivity index (χ4n) is 4.85. The molecule has 9 heteroatoms. The van der Waals surface area contributed by atoms with Crippen LogP contribution in [0.4, 0.5) is 15.8 Å². The van der Waals surface area contributed by atoms with Crippen molar-refractivity contribution in [2.75, 3.05) is 31.1 Å². The van der Waals surface area contributed by atoms with Gasteiger partial charge in [-0.25, -0.2) is 9.37 Å². The first-order valence-corrected chi connectivity index (χ1v) is 11.9. The van der Waals surface area contributed by atoms with Crippen LogP contribution >= 0.6 is 0 Å². The number of hydrogen-bond donors (Lipinski definition) is 0. The van der Waals surface area contributed by atoms with Crippen molar-refractivity contribution in [3.05, 3.63) is 106 Å². The lowest BCUT2D eigenvalue weighted by atomic mass is 9.92. The summed E-state index contributed by atoms with van der Waals surface area (Å²) < 4.78 is 16.1. The van der Waals surface area contributed by atoms with Crippen LogP contribution in [-0.4, -0.2) is 51.3 Å². The van der Waals surface area contributed by atoms with Crippen molar-refractivity contribution >= 4 is 22.9 Å². The fourth-order valence-corrected chi connectivity index (χ4v) is 4.85. The van der Waals surface area contributed by atoms with Crippen LogP contribution in [0.5, 0.6) is 0 Å².